The van der Waals surface area contributed by atoms with Gasteiger partial charge in [0, 0.05) is 10.5 Å². The molecule has 0 amide bonds. The highest BCUT2D eigenvalue weighted by Crippen LogP contribution is 2.39. The van der Waals surface area contributed by atoms with Crippen molar-refractivity contribution in [2.45, 2.75) is 4.90 Å². The molecule has 4 nitrogen and oxygen atoms in total. The highest BCUT2D eigenvalue weighted by molar-refractivity contribution is 8.14. The van der Waals surface area contributed by atoms with Crippen molar-refractivity contribution in [1.82, 2.24) is 0 Å². The zero-order valence-electron chi connectivity index (χ0n) is 12.1. The molecule has 0 aliphatic carbocycles. The highest BCUT2D eigenvalue weighted by atomic mass is 32.2. The average Bonchev–Trinajstić information content (AvgIpc) is 2.54. The third-order valence-corrected chi connectivity index (χ3v) is 3.78. The lowest BCUT2D eigenvalue weighted by atomic mass is 10.2. The van der Waals surface area contributed by atoms with Crippen LogP contribution in [-0.4, -0.2) is 26.4 Å². The first-order valence-corrected chi connectivity index (χ1v) is 7.08. The number of methoxy groups -OCH3 is 3. The molecule has 0 saturated carbocycles. The lowest BCUT2D eigenvalue weighted by Crippen LogP contribution is -2.00. The number of thioether (sulfide) groups is 1. The molecule has 0 aromatic heterocycles. The Kier molecular flexibility index (Phi) is 5.11. The van der Waals surface area contributed by atoms with Gasteiger partial charge in [0.15, 0.2) is 11.5 Å². The lowest BCUT2D eigenvalue weighted by molar-refractivity contribution is 0.108. The second-order valence-electron chi connectivity index (χ2n) is 4.12. The third kappa shape index (κ3) is 3.49. The molecule has 0 aliphatic heterocycles. The lowest BCUT2D eigenvalue weighted by Gasteiger charge is -2.13. The number of hydrogen-bond acceptors (Lipinski definition) is 5. The Morgan fingerprint density at radius 2 is 1.48 bits per heavy atom. The molecule has 0 spiro atoms. The Bertz CT molecular complexity index is 600. The van der Waals surface area contributed by atoms with Crippen LogP contribution in [0.15, 0.2) is 47.4 Å². The van der Waals surface area contributed by atoms with E-state index in [1.54, 1.807) is 12.1 Å². The number of benzene rings is 2. The maximum Gasteiger partial charge on any atom is 0.224 e. The first-order valence-electron chi connectivity index (χ1n) is 6.26. The Hall–Kier alpha value is -2.14. The van der Waals surface area contributed by atoms with Crippen LogP contribution >= 0.6 is 11.8 Å². The van der Waals surface area contributed by atoms with Crippen LogP contribution < -0.4 is 14.2 Å². The maximum atomic E-state index is 12.4. The monoisotopic (exact) mass is 304 g/mol. The topological polar surface area (TPSA) is 44.8 Å². The van der Waals surface area contributed by atoms with Crippen LogP contribution in [0.2, 0.25) is 0 Å². The van der Waals surface area contributed by atoms with E-state index in [4.69, 9.17) is 14.2 Å². The first kappa shape index (κ1) is 15.3. The van der Waals surface area contributed by atoms with Crippen LogP contribution in [0, 0.1) is 0 Å². The minimum Gasteiger partial charge on any atom is -0.493 e. The summed E-state index contributed by atoms with van der Waals surface area (Å²) in [6, 6.07) is 12.8. The van der Waals surface area contributed by atoms with Gasteiger partial charge in [0.05, 0.1) is 21.3 Å². The first-order chi connectivity index (χ1) is 10.2. The summed E-state index contributed by atoms with van der Waals surface area (Å²) in [7, 11) is 4.58. The number of carbonyl (C=O) groups excluding carboxylic acids is 1. The predicted octanol–water partition coefficient (Wildman–Crippen LogP) is 3.64. The number of ether oxygens (including phenoxy) is 3. The van der Waals surface area contributed by atoms with Crippen LogP contribution in [0.5, 0.6) is 17.2 Å². The fraction of sp³-hybridized carbons (Fsp3) is 0.188. The summed E-state index contributed by atoms with van der Waals surface area (Å²) in [5.74, 6) is 1.41. The molecule has 2 rings (SSSR count). The van der Waals surface area contributed by atoms with E-state index in [2.05, 4.69) is 0 Å². The molecule has 0 bridgehead atoms. The molecule has 21 heavy (non-hydrogen) atoms. The molecule has 0 N–H and O–H groups in total. The highest BCUT2D eigenvalue weighted by Gasteiger charge is 2.17. The minimum absolute atomic E-state index is 0.0829. The van der Waals surface area contributed by atoms with Crippen molar-refractivity contribution in [2.24, 2.45) is 0 Å². The zero-order chi connectivity index (χ0) is 15.2. The molecule has 0 heterocycles. The quantitative estimate of drug-likeness (QED) is 0.789. The van der Waals surface area contributed by atoms with Crippen molar-refractivity contribution in [3.8, 4) is 17.2 Å². The largest absolute Gasteiger partial charge is 0.493 e. The normalized spacial score (nSPS) is 10.0. The second-order valence-corrected chi connectivity index (χ2v) is 5.16. The van der Waals surface area contributed by atoms with Gasteiger partial charge in [-0.2, -0.15) is 0 Å². The Morgan fingerprint density at radius 1 is 0.905 bits per heavy atom. The number of rotatable bonds is 5. The van der Waals surface area contributed by atoms with Crippen LogP contribution in [-0.2, 0) is 0 Å². The van der Waals surface area contributed by atoms with Gasteiger partial charge < -0.3 is 14.2 Å². The molecular formula is C16H16O4S. The van der Waals surface area contributed by atoms with Crippen molar-refractivity contribution in [3.05, 3.63) is 48.0 Å². The molecule has 0 saturated heterocycles. The molecule has 0 fully saturated rings. The van der Waals surface area contributed by atoms with Crippen molar-refractivity contribution in [3.63, 3.8) is 0 Å². The predicted molar refractivity (Wildman–Crippen MR) is 82.7 cm³/mol. The van der Waals surface area contributed by atoms with E-state index in [0.717, 1.165) is 16.7 Å². The average molecular weight is 304 g/mol. The van der Waals surface area contributed by atoms with Crippen LogP contribution in [0.4, 0.5) is 0 Å². The van der Waals surface area contributed by atoms with Crippen molar-refractivity contribution in [1.29, 1.82) is 0 Å². The standard InChI is InChI=1S/C16H16O4S/c1-18-13-9-11(10-14(19-2)15(13)20-3)16(17)21-12-7-5-4-6-8-12/h4-10H,1-3H3. The van der Waals surface area contributed by atoms with Gasteiger partial charge >= 0.3 is 0 Å². The van der Waals surface area contributed by atoms with Crippen molar-refractivity contribution in [2.75, 3.05) is 21.3 Å². The molecule has 2 aromatic carbocycles. The van der Waals surface area contributed by atoms with E-state index in [1.807, 2.05) is 30.3 Å². The van der Waals surface area contributed by atoms with E-state index in [-0.39, 0.29) is 5.12 Å². The van der Waals surface area contributed by atoms with Gasteiger partial charge in [-0.15, -0.1) is 0 Å². The summed E-state index contributed by atoms with van der Waals surface area (Å²) in [6.07, 6.45) is 0. The summed E-state index contributed by atoms with van der Waals surface area (Å²) in [5, 5.41) is -0.0829. The molecular weight excluding hydrogens is 288 g/mol. The fourth-order valence-corrected chi connectivity index (χ4v) is 2.60. The summed E-state index contributed by atoms with van der Waals surface area (Å²) in [5.41, 5.74) is 0.498. The smallest absolute Gasteiger partial charge is 0.224 e. The summed E-state index contributed by atoms with van der Waals surface area (Å²) >= 11 is 1.16. The van der Waals surface area contributed by atoms with Crippen molar-refractivity contribution < 1.29 is 19.0 Å². The van der Waals surface area contributed by atoms with Crippen molar-refractivity contribution >= 4 is 16.9 Å². The van der Waals surface area contributed by atoms with E-state index in [1.165, 1.54) is 21.3 Å². The maximum absolute atomic E-state index is 12.4. The summed E-state index contributed by atoms with van der Waals surface area (Å²) in [6.45, 7) is 0. The van der Waals surface area contributed by atoms with Gasteiger partial charge in [-0.1, -0.05) is 18.2 Å². The van der Waals surface area contributed by atoms with Crippen LogP contribution in [0.1, 0.15) is 10.4 Å². The van der Waals surface area contributed by atoms with Gasteiger partial charge in [0.25, 0.3) is 0 Å². The van der Waals surface area contributed by atoms with Gasteiger partial charge in [0.1, 0.15) is 0 Å². The SMILES string of the molecule is COc1cc(C(=O)Sc2ccccc2)cc(OC)c1OC. The van der Waals surface area contributed by atoms with E-state index in [9.17, 15) is 4.79 Å². The van der Waals surface area contributed by atoms with E-state index >= 15 is 0 Å². The fourth-order valence-electron chi connectivity index (χ4n) is 1.85. The molecule has 0 atom stereocenters. The van der Waals surface area contributed by atoms with Crippen LogP contribution in [0.3, 0.4) is 0 Å². The minimum atomic E-state index is -0.0829. The third-order valence-electron chi connectivity index (χ3n) is 2.85. The second kappa shape index (κ2) is 7.04. The number of carbonyl (C=O) groups is 1. The van der Waals surface area contributed by atoms with Gasteiger partial charge in [0.2, 0.25) is 10.9 Å². The van der Waals surface area contributed by atoms with Gasteiger partial charge in [-0.05, 0) is 36.0 Å². The Balaban J connectivity index is 2.33. The molecule has 2 aromatic rings. The zero-order valence-corrected chi connectivity index (χ0v) is 12.9. The summed E-state index contributed by atoms with van der Waals surface area (Å²) in [4.78, 5) is 13.2. The molecule has 5 heteroatoms. The molecule has 110 valence electrons. The van der Waals surface area contributed by atoms with E-state index in [0.29, 0.717) is 22.8 Å². The number of hydrogen-bond donors (Lipinski definition) is 0. The summed E-state index contributed by atoms with van der Waals surface area (Å²) < 4.78 is 15.7. The Morgan fingerprint density at radius 3 is 1.95 bits per heavy atom. The molecule has 0 aliphatic rings. The van der Waals surface area contributed by atoms with E-state index < -0.39 is 0 Å². The van der Waals surface area contributed by atoms with Gasteiger partial charge in [-0.3, -0.25) is 4.79 Å². The van der Waals surface area contributed by atoms with Gasteiger partial charge in [-0.25, -0.2) is 0 Å². The molecule has 0 radical (unpaired) electrons. The Labute approximate surface area is 128 Å². The van der Waals surface area contributed by atoms with Crippen LogP contribution in [0.25, 0.3) is 0 Å². The molecule has 0 unspecified atom stereocenters.